The SMILES string of the molecule is CC(CCS(C)=O)NC(C)Cc1ccc(F)cc1. The van der Waals surface area contributed by atoms with Gasteiger partial charge in [-0.05, 0) is 44.4 Å². The Morgan fingerprint density at radius 1 is 1.22 bits per heavy atom. The number of rotatable bonds is 7. The molecule has 4 heteroatoms. The number of nitrogens with one attached hydrogen (secondary N) is 1. The van der Waals surface area contributed by atoms with E-state index >= 15 is 0 Å². The van der Waals surface area contributed by atoms with Crippen molar-refractivity contribution >= 4 is 10.8 Å². The number of benzene rings is 1. The van der Waals surface area contributed by atoms with E-state index in [1.54, 1.807) is 6.26 Å². The fraction of sp³-hybridized carbons (Fsp3) is 0.571. The molecule has 1 aromatic carbocycles. The number of halogens is 1. The Morgan fingerprint density at radius 2 is 1.83 bits per heavy atom. The molecule has 102 valence electrons. The Kier molecular flexibility index (Phi) is 6.50. The van der Waals surface area contributed by atoms with E-state index in [0.29, 0.717) is 12.1 Å². The summed E-state index contributed by atoms with van der Waals surface area (Å²) in [6.45, 7) is 4.22. The molecule has 0 aliphatic rings. The first-order chi connectivity index (χ1) is 8.47. The summed E-state index contributed by atoms with van der Waals surface area (Å²) in [5.41, 5.74) is 1.13. The Balaban J connectivity index is 2.34. The van der Waals surface area contributed by atoms with Crippen molar-refractivity contribution in [2.45, 2.75) is 38.8 Å². The van der Waals surface area contributed by atoms with Crippen LogP contribution >= 0.6 is 0 Å². The summed E-state index contributed by atoms with van der Waals surface area (Å²) >= 11 is 0. The third-order valence-corrected chi connectivity index (χ3v) is 3.67. The molecular formula is C14H22FNOS. The third-order valence-electron chi connectivity index (χ3n) is 2.86. The monoisotopic (exact) mass is 271 g/mol. The minimum atomic E-state index is -0.723. The second kappa shape index (κ2) is 7.64. The van der Waals surface area contributed by atoms with Crippen LogP contribution in [0.2, 0.25) is 0 Å². The predicted octanol–water partition coefficient (Wildman–Crippen LogP) is 2.50. The summed E-state index contributed by atoms with van der Waals surface area (Å²) in [4.78, 5) is 0. The van der Waals surface area contributed by atoms with Crippen LogP contribution in [0, 0.1) is 5.82 Å². The number of hydrogen-bond acceptors (Lipinski definition) is 2. The summed E-state index contributed by atoms with van der Waals surface area (Å²) in [5, 5.41) is 3.47. The lowest BCUT2D eigenvalue weighted by atomic mass is 10.1. The molecule has 0 fully saturated rings. The highest BCUT2D eigenvalue weighted by atomic mass is 32.2. The van der Waals surface area contributed by atoms with Gasteiger partial charge in [0, 0.05) is 34.9 Å². The minimum absolute atomic E-state index is 0.196. The first-order valence-electron chi connectivity index (χ1n) is 6.28. The van der Waals surface area contributed by atoms with Crippen molar-refractivity contribution in [2.75, 3.05) is 12.0 Å². The van der Waals surface area contributed by atoms with Crippen molar-refractivity contribution < 1.29 is 8.60 Å². The number of hydrogen-bond donors (Lipinski definition) is 1. The van der Waals surface area contributed by atoms with E-state index in [9.17, 15) is 8.60 Å². The Morgan fingerprint density at radius 3 is 2.39 bits per heavy atom. The van der Waals surface area contributed by atoms with Crippen molar-refractivity contribution in [3.8, 4) is 0 Å². The largest absolute Gasteiger partial charge is 0.311 e. The molecule has 0 heterocycles. The molecule has 18 heavy (non-hydrogen) atoms. The van der Waals surface area contributed by atoms with Crippen molar-refractivity contribution in [2.24, 2.45) is 0 Å². The van der Waals surface area contributed by atoms with Crippen LogP contribution in [0.5, 0.6) is 0 Å². The van der Waals surface area contributed by atoms with Gasteiger partial charge in [-0.1, -0.05) is 12.1 Å². The van der Waals surface area contributed by atoms with E-state index in [4.69, 9.17) is 0 Å². The van der Waals surface area contributed by atoms with Crippen molar-refractivity contribution in [3.05, 3.63) is 35.6 Å². The lowest BCUT2D eigenvalue weighted by Gasteiger charge is -2.19. The summed E-state index contributed by atoms with van der Waals surface area (Å²) in [6.07, 6.45) is 3.52. The Bertz CT molecular complexity index is 380. The zero-order valence-corrected chi connectivity index (χ0v) is 12.1. The van der Waals surface area contributed by atoms with Gasteiger partial charge in [0.2, 0.25) is 0 Å². The van der Waals surface area contributed by atoms with Gasteiger partial charge < -0.3 is 5.32 Å². The Hall–Kier alpha value is -0.740. The van der Waals surface area contributed by atoms with Gasteiger partial charge in [-0.3, -0.25) is 4.21 Å². The van der Waals surface area contributed by atoms with E-state index in [1.807, 2.05) is 12.1 Å². The van der Waals surface area contributed by atoms with Gasteiger partial charge in [-0.25, -0.2) is 4.39 Å². The van der Waals surface area contributed by atoms with Gasteiger partial charge in [0.05, 0.1) is 0 Å². The van der Waals surface area contributed by atoms with Crippen molar-refractivity contribution in [1.82, 2.24) is 5.32 Å². The zero-order chi connectivity index (χ0) is 13.5. The van der Waals surface area contributed by atoms with Gasteiger partial charge in [-0.2, -0.15) is 0 Å². The van der Waals surface area contributed by atoms with Crippen molar-refractivity contribution in [1.29, 1.82) is 0 Å². The van der Waals surface area contributed by atoms with E-state index in [0.717, 1.165) is 24.2 Å². The highest BCUT2D eigenvalue weighted by molar-refractivity contribution is 7.84. The van der Waals surface area contributed by atoms with Crippen LogP contribution in [0.4, 0.5) is 4.39 Å². The first kappa shape index (κ1) is 15.3. The van der Waals surface area contributed by atoms with Gasteiger partial charge in [0.25, 0.3) is 0 Å². The summed E-state index contributed by atoms with van der Waals surface area (Å²) in [6, 6.07) is 7.30. The fourth-order valence-corrected chi connectivity index (χ4v) is 2.63. The molecule has 0 saturated heterocycles. The van der Waals surface area contributed by atoms with Crippen LogP contribution in [0.25, 0.3) is 0 Å². The standard InChI is InChI=1S/C14H22FNOS/c1-11(8-9-18(3)17)16-12(2)10-13-4-6-14(15)7-5-13/h4-7,11-12,16H,8-10H2,1-3H3. The maximum absolute atomic E-state index is 12.8. The Labute approximate surface area is 111 Å². The minimum Gasteiger partial charge on any atom is -0.311 e. The molecule has 0 radical (unpaired) electrons. The lowest BCUT2D eigenvalue weighted by molar-refractivity contribution is 0.456. The average Bonchev–Trinajstić information content (AvgIpc) is 2.29. The van der Waals surface area contributed by atoms with Crippen LogP contribution in [-0.2, 0) is 17.2 Å². The molecule has 0 spiro atoms. The van der Waals surface area contributed by atoms with Crippen molar-refractivity contribution in [3.63, 3.8) is 0 Å². The molecule has 0 saturated carbocycles. The molecule has 1 N–H and O–H groups in total. The maximum Gasteiger partial charge on any atom is 0.123 e. The van der Waals surface area contributed by atoms with Gasteiger partial charge in [0.1, 0.15) is 5.82 Å². The molecule has 0 aliphatic heterocycles. The van der Waals surface area contributed by atoms with Crippen LogP contribution in [0.15, 0.2) is 24.3 Å². The second-order valence-electron chi connectivity index (χ2n) is 4.87. The topological polar surface area (TPSA) is 29.1 Å². The molecule has 3 atom stereocenters. The van der Waals surface area contributed by atoms with Crippen LogP contribution in [0.1, 0.15) is 25.8 Å². The predicted molar refractivity (Wildman–Crippen MR) is 75.7 cm³/mol. The summed E-state index contributed by atoms with van der Waals surface area (Å²) < 4.78 is 23.8. The van der Waals surface area contributed by atoms with Crippen LogP contribution < -0.4 is 5.32 Å². The molecule has 0 aliphatic carbocycles. The van der Waals surface area contributed by atoms with E-state index in [2.05, 4.69) is 19.2 Å². The molecular weight excluding hydrogens is 249 g/mol. The second-order valence-corrected chi connectivity index (χ2v) is 6.42. The van der Waals surface area contributed by atoms with Crippen LogP contribution in [0.3, 0.4) is 0 Å². The molecule has 2 nitrogen and oxygen atoms in total. The highest BCUT2D eigenvalue weighted by Gasteiger charge is 2.08. The highest BCUT2D eigenvalue weighted by Crippen LogP contribution is 2.06. The molecule has 3 unspecified atom stereocenters. The normalized spacial score (nSPS) is 16.2. The molecule has 0 amide bonds. The van der Waals surface area contributed by atoms with Crippen LogP contribution in [-0.4, -0.2) is 28.3 Å². The zero-order valence-electron chi connectivity index (χ0n) is 11.3. The van der Waals surface area contributed by atoms with Gasteiger partial charge in [-0.15, -0.1) is 0 Å². The first-order valence-corrected chi connectivity index (χ1v) is 8.00. The van der Waals surface area contributed by atoms with Gasteiger partial charge >= 0.3 is 0 Å². The van der Waals surface area contributed by atoms with Gasteiger partial charge in [0.15, 0.2) is 0 Å². The maximum atomic E-state index is 12.8. The van der Waals surface area contributed by atoms with E-state index < -0.39 is 10.8 Å². The molecule has 0 aromatic heterocycles. The smallest absolute Gasteiger partial charge is 0.123 e. The average molecular weight is 271 g/mol. The fourth-order valence-electron chi connectivity index (χ4n) is 1.94. The quantitative estimate of drug-likeness (QED) is 0.825. The summed E-state index contributed by atoms with van der Waals surface area (Å²) in [5.74, 6) is 0.537. The molecule has 1 aromatic rings. The molecule has 1 rings (SSSR count). The van der Waals surface area contributed by atoms with E-state index in [1.165, 1.54) is 12.1 Å². The summed E-state index contributed by atoms with van der Waals surface area (Å²) in [7, 11) is -0.723. The lowest BCUT2D eigenvalue weighted by Crippen LogP contribution is -2.36. The third kappa shape index (κ3) is 6.26. The molecule has 0 bridgehead atoms. The van der Waals surface area contributed by atoms with E-state index in [-0.39, 0.29) is 5.82 Å².